The van der Waals surface area contributed by atoms with E-state index in [0.717, 1.165) is 11.3 Å². The molecule has 0 saturated heterocycles. The standard InChI is InChI=1S/C15H24N2O4/c1-20-10-7-16-11-15(19)17(8-9-18)12-13-5-3-4-6-14(13)21-2/h3-6,16,18H,7-12H2,1-2H3. The predicted molar refractivity (Wildman–Crippen MR) is 80.2 cm³/mol. The molecule has 6 nitrogen and oxygen atoms in total. The molecule has 21 heavy (non-hydrogen) atoms. The first-order chi connectivity index (χ1) is 10.2. The third-order valence-corrected chi connectivity index (χ3v) is 3.04. The minimum absolute atomic E-state index is 0.0638. The fraction of sp³-hybridized carbons (Fsp3) is 0.533. The van der Waals surface area contributed by atoms with Crippen LogP contribution in [0.4, 0.5) is 0 Å². The van der Waals surface area contributed by atoms with Gasteiger partial charge in [-0.05, 0) is 6.07 Å². The van der Waals surface area contributed by atoms with Gasteiger partial charge < -0.3 is 24.8 Å². The first-order valence-electron chi connectivity index (χ1n) is 6.93. The number of hydrogen-bond donors (Lipinski definition) is 2. The summed E-state index contributed by atoms with van der Waals surface area (Å²) in [6, 6.07) is 7.55. The summed E-state index contributed by atoms with van der Waals surface area (Å²) in [6.45, 7) is 2.03. The quantitative estimate of drug-likeness (QED) is 0.606. The molecule has 0 unspecified atom stereocenters. The van der Waals surface area contributed by atoms with Crippen molar-refractivity contribution in [2.45, 2.75) is 6.54 Å². The van der Waals surface area contributed by atoms with Crippen LogP contribution in [0, 0.1) is 0 Å². The van der Waals surface area contributed by atoms with Crippen LogP contribution in [0.15, 0.2) is 24.3 Å². The highest BCUT2D eigenvalue weighted by atomic mass is 16.5. The van der Waals surface area contributed by atoms with Gasteiger partial charge in [-0.15, -0.1) is 0 Å². The van der Waals surface area contributed by atoms with Gasteiger partial charge in [0.15, 0.2) is 0 Å². The lowest BCUT2D eigenvalue weighted by atomic mass is 10.2. The molecule has 1 amide bonds. The first-order valence-corrected chi connectivity index (χ1v) is 6.93. The fourth-order valence-electron chi connectivity index (χ4n) is 1.93. The van der Waals surface area contributed by atoms with Gasteiger partial charge in [-0.1, -0.05) is 18.2 Å². The monoisotopic (exact) mass is 296 g/mol. The second-order valence-electron chi connectivity index (χ2n) is 4.52. The molecule has 1 rings (SSSR count). The fourth-order valence-corrected chi connectivity index (χ4v) is 1.93. The number of nitrogens with one attached hydrogen (secondary N) is 1. The number of nitrogens with zero attached hydrogens (tertiary/aromatic N) is 1. The molecule has 1 aromatic carbocycles. The van der Waals surface area contributed by atoms with Crippen molar-refractivity contribution in [3.8, 4) is 5.75 Å². The Morgan fingerprint density at radius 1 is 1.33 bits per heavy atom. The molecule has 0 aliphatic rings. The van der Waals surface area contributed by atoms with E-state index in [1.165, 1.54) is 0 Å². The van der Waals surface area contributed by atoms with Crippen LogP contribution in [0.3, 0.4) is 0 Å². The van der Waals surface area contributed by atoms with Gasteiger partial charge in [-0.25, -0.2) is 0 Å². The number of amides is 1. The predicted octanol–water partition coefficient (Wildman–Crippen LogP) is 0.252. The van der Waals surface area contributed by atoms with Gasteiger partial charge in [0, 0.05) is 32.3 Å². The number of methoxy groups -OCH3 is 2. The number of aliphatic hydroxyl groups is 1. The van der Waals surface area contributed by atoms with Crippen molar-refractivity contribution in [3.05, 3.63) is 29.8 Å². The van der Waals surface area contributed by atoms with Crippen LogP contribution in [0.5, 0.6) is 5.75 Å². The number of carbonyl (C=O) groups is 1. The number of carbonyl (C=O) groups excluding carboxylic acids is 1. The molecule has 0 aromatic heterocycles. The van der Waals surface area contributed by atoms with Gasteiger partial charge in [0.2, 0.25) is 5.91 Å². The topological polar surface area (TPSA) is 71.0 Å². The van der Waals surface area contributed by atoms with E-state index in [9.17, 15) is 4.79 Å². The Kier molecular flexibility index (Phi) is 8.42. The maximum absolute atomic E-state index is 12.2. The minimum Gasteiger partial charge on any atom is -0.496 e. The van der Waals surface area contributed by atoms with E-state index in [-0.39, 0.29) is 19.1 Å². The van der Waals surface area contributed by atoms with E-state index >= 15 is 0 Å². The van der Waals surface area contributed by atoms with E-state index in [1.807, 2.05) is 24.3 Å². The molecule has 0 atom stereocenters. The zero-order valence-electron chi connectivity index (χ0n) is 12.7. The third-order valence-electron chi connectivity index (χ3n) is 3.04. The zero-order chi connectivity index (χ0) is 15.5. The van der Waals surface area contributed by atoms with Crippen LogP contribution < -0.4 is 10.1 Å². The van der Waals surface area contributed by atoms with E-state index in [1.54, 1.807) is 19.1 Å². The number of hydrogen-bond acceptors (Lipinski definition) is 5. The maximum atomic E-state index is 12.2. The van der Waals surface area contributed by atoms with Crippen LogP contribution in [-0.2, 0) is 16.1 Å². The van der Waals surface area contributed by atoms with Gasteiger partial charge in [0.1, 0.15) is 5.75 Å². The Hall–Kier alpha value is -1.63. The highest BCUT2D eigenvalue weighted by Crippen LogP contribution is 2.19. The van der Waals surface area contributed by atoms with Gasteiger partial charge in [-0.3, -0.25) is 4.79 Å². The first kappa shape index (κ1) is 17.4. The lowest BCUT2D eigenvalue weighted by molar-refractivity contribution is -0.131. The van der Waals surface area contributed by atoms with Crippen molar-refractivity contribution in [1.29, 1.82) is 0 Å². The Balaban J connectivity index is 2.61. The molecule has 0 bridgehead atoms. The maximum Gasteiger partial charge on any atom is 0.236 e. The van der Waals surface area contributed by atoms with Crippen molar-refractivity contribution >= 4 is 5.91 Å². The number of para-hydroxylation sites is 1. The number of rotatable bonds is 10. The second kappa shape index (κ2) is 10.1. The summed E-state index contributed by atoms with van der Waals surface area (Å²) in [5.74, 6) is 0.673. The Morgan fingerprint density at radius 2 is 2.10 bits per heavy atom. The summed E-state index contributed by atoms with van der Waals surface area (Å²) in [5.41, 5.74) is 0.915. The van der Waals surface area contributed by atoms with Crippen LogP contribution >= 0.6 is 0 Å². The molecule has 0 aliphatic carbocycles. The molecule has 0 spiro atoms. The van der Waals surface area contributed by atoms with Crippen LogP contribution in [-0.4, -0.2) is 63.0 Å². The number of aliphatic hydroxyl groups excluding tert-OH is 1. The van der Waals surface area contributed by atoms with E-state index in [2.05, 4.69) is 5.32 Å². The van der Waals surface area contributed by atoms with E-state index in [0.29, 0.717) is 26.2 Å². The smallest absolute Gasteiger partial charge is 0.236 e. The summed E-state index contributed by atoms with van der Waals surface area (Å²) >= 11 is 0. The average Bonchev–Trinajstić information content (AvgIpc) is 2.51. The summed E-state index contributed by atoms with van der Waals surface area (Å²) in [5, 5.41) is 12.1. The van der Waals surface area contributed by atoms with Crippen molar-refractivity contribution in [3.63, 3.8) is 0 Å². The Labute approximate surface area is 125 Å². The Bertz CT molecular complexity index is 426. The average molecular weight is 296 g/mol. The van der Waals surface area contributed by atoms with E-state index in [4.69, 9.17) is 14.6 Å². The van der Waals surface area contributed by atoms with Crippen molar-refractivity contribution in [1.82, 2.24) is 10.2 Å². The number of benzene rings is 1. The highest BCUT2D eigenvalue weighted by molar-refractivity contribution is 5.78. The molecule has 118 valence electrons. The van der Waals surface area contributed by atoms with E-state index < -0.39 is 0 Å². The molecule has 6 heteroatoms. The SMILES string of the molecule is COCCNCC(=O)N(CCO)Cc1ccccc1OC. The van der Waals surface area contributed by atoms with Gasteiger partial charge in [-0.2, -0.15) is 0 Å². The molecule has 0 radical (unpaired) electrons. The normalized spacial score (nSPS) is 10.4. The highest BCUT2D eigenvalue weighted by Gasteiger charge is 2.15. The van der Waals surface area contributed by atoms with Crippen molar-refractivity contribution in [2.75, 3.05) is 47.1 Å². The van der Waals surface area contributed by atoms with Gasteiger partial charge in [0.05, 0.1) is 26.9 Å². The van der Waals surface area contributed by atoms with Crippen molar-refractivity contribution in [2.24, 2.45) is 0 Å². The molecule has 2 N–H and O–H groups in total. The third kappa shape index (κ3) is 6.12. The summed E-state index contributed by atoms with van der Waals surface area (Å²) in [4.78, 5) is 13.8. The zero-order valence-corrected chi connectivity index (χ0v) is 12.7. The molecule has 0 fully saturated rings. The summed E-state index contributed by atoms with van der Waals surface area (Å²) in [7, 11) is 3.21. The number of ether oxygens (including phenoxy) is 2. The minimum atomic E-state index is -0.0705. The molecule has 0 saturated carbocycles. The van der Waals surface area contributed by atoms with Gasteiger partial charge >= 0.3 is 0 Å². The van der Waals surface area contributed by atoms with Crippen LogP contribution in [0.1, 0.15) is 5.56 Å². The molecule has 1 aromatic rings. The van der Waals surface area contributed by atoms with Crippen LogP contribution in [0.2, 0.25) is 0 Å². The summed E-state index contributed by atoms with van der Waals surface area (Å²) in [6.07, 6.45) is 0. The second-order valence-corrected chi connectivity index (χ2v) is 4.52. The lowest BCUT2D eigenvalue weighted by Gasteiger charge is -2.23. The lowest BCUT2D eigenvalue weighted by Crippen LogP contribution is -2.40. The molecule has 0 heterocycles. The Morgan fingerprint density at radius 3 is 2.76 bits per heavy atom. The largest absolute Gasteiger partial charge is 0.496 e. The molecule has 0 aliphatic heterocycles. The van der Waals surface area contributed by atoms with Gasteiger partial charge in [0.25, 0.3) is 0 Å². The van der Waals surface area contributed by atoms with Crippen molar-refractivity contribution < 1.29 is 19.4 Å². The summed E-state index contributed by atoms with van der Waals surface area (Å²) < 4.78 is 10.2. The molecular formula is C15H24N2O4. The molecular weight excluding hydrogens is 272 g/mol. The van der Waals surface area contributed by atoms with Crippen LogP contribution in [0.25, 0.3) is 0 Å².